The van der Waals surface area contributed by atoms with Crippen LogP contribution >= 0.6 is 0 Å². The second-order valence-corrected chi connectivity index (χ2v) is 10.2. The molecule has 0 radical (unpaired) electrons. The molecule has 1 nitrogen and oxygen atoms in total. The molecular weight excluding hydrogens is 364 g/mol. The third kappa shape index (κ3) is 22.1. The Bertz CT molecular complexity index is 384. The number of aldehydes is 1. The predicted octanol–water partition coefficient (Wildman–Crippen LogP) is 10.2. The number of hydrogen-bond donors (Lipinski definition) is 0. The van der Waals surface area contributed by atoms with Crippen molar-refractivity contribution in [3.63, 3.8) is 0 Å². The minimum absolute atomic E-state index is 0.881. The Morgan fingerprint density at radius 2 is 0.967 bits per heavy atom. The Morgan fingerprint density at radius 3 is 1.40 bits per heavy atom. The van der Waals surface area contributed by atoms with Crippen molar-refractivity contribution in [1.29, 1.82) is 0 Å². The normalized spacial score (nSPS) is 14.1. The van der Waals surface area contributed by atoms with Gasteiger partial charge in [-0.25, -0.2) is 0 Å². The van der Waals surface area contributed by atoms with Gasteiger partial charge in [0, 0.05) is 0 Å². The molecule has 0 aromatic carbocycles. The van der Waals surface area contributed by atoms with E-state index >= 15 is 0 Å². The highest BCUT2D eigenvalue weighted by Crippen LogP contribution is 2.21. The summed E-state index contributed by atoms with van der Waals surface area (Å²) in [5, 5.41) is 0. The van der Waals surface area contributed by atoms with Crippen molar-refractivity contribution < 1.29 is 4.79 Å². The molecule has 0 aliphatic rings. The minimum atomic E-state index is 0.881. The molecule has 0 N–H and O–H groups in total. The van der Waals surface area contributed by atoms with Gasteiger partial charge in [-0.3, -0.25) is 4.79 Å². The first-order chi connectivity index (χ1) is 14.6. The Labute approximate surface area is 190 Å². The summed E-state index contributed by atoms with van der Waals surface area (Å²) in [6, 6.07) is 0. The summed E-state index contributed by atoms with van der Waals surface area (Å²) in [4.78, 5) is 10.5. The van der Waals surface area contributed by atoms with Gasteiger partial charge in [0.2, 0.25) is 0 Å². The van der Waals surface area contributed by atoms with Gasteiger partial charge < -0.3 is 0 Å². The molecule has 0 fully saturated rings. The van der Waals surface area contributed by atoms with Crippen molar-refractivity contribution in [3.05, 3.63) is 11.6 Å². The summed E-state index contributed by atoms with van der Waals surface area (Å²) in [7, 11) is 0. The molecule has 0 aliphatic heterocycles. The van der Waals surface area contributed by atoms with Crippen molar-refractivity contribution in [2.75, 3.05) is 0 Å². The first kappa shape index (κ1) is 29.4. The highest BCUT2D eigenvalue weighted by Gasteiger charge is 2.04. The lowest BCUT2D eigenvalue weighted by molar-refractivity contribution is -0.104. The monoisotopic (exact) mass is 420 g/mol. The Morgan fingerprint density at radius 1 is 0.600 bits per heavy atom. The quantitative estimate of drug-likeness (QED) is 0.0912. The van der Waals surface area contributed by atoms with Crippen LogP contribution in [0.3, 0.4) is 0 Å². The second kappa shape index (κ2) is 23.1. The standard InChI is InChI=1S/C29H56O/c1-5-6-7-16-21-27(2)23-19-15-20-24-28(3)22-17-13-11-9-8-10-12-14-18-25-29(4)26-30/h25-28H,5-24H2,1-4H3/b29-25+. The highest BCUT2D eigenvalue weighted by molar-refractivity contribution is 5.71. The van der Waals surface area contributed by atoms with E-state index in [9.17, 15) is 4.79 Å². The Hall–Kier alpha value is -0.590. The van der Waals surface area contributed by atoms with Gasteiger partial charge in [0.05, 0.1) is 0 Å². The molecule has 0 saturated heterocycles. The summed E-state index contributed by atoms with van der Waals surface area (Å²) in [5.74, 6) is 1.88. The summed E-state index contributed by atoms with van der Waals surface area (Å²) < 4.78 is 0. The number of unbranched alkanes of at least 4 members (excludes halogenated alkanes) is 13. The average molecular weight is 421 g/mol. The molecule has 0 amide bonds. The summed E-state index contributed by atoms with van der Waals surface area (Å²) in [6.07, 6.45) is 30.9. The Kier molecular flexibility index (Phi) is 22.6. The maximum atomic E-state index is 10.5. The lowest BCUT2D eigenvalue weighted by Gasteiger charge is -2.13. The number of carbonyl (C=O) groups is 1. The summed E-state index contributed by atoms with van der Waals surface area (Å²) >= 11 is 0. The zero-order valence-corrected chi connectivity index (χ0v) is 21.4. The fourth-order valence-corrected chi connectivity index (χ4v) is 4.45. The van der Waals surface area contributed by atoms with Crippen molar-refractivity contribution in [3.8, 4) is 0 Å². The second-order valence-electron chi connectivity index (χ2n) is 10.2. The van der Waals surface area contributed by atoms with E-state index in [0.717, 1.165) is 30.1 Å². The first-order valence-corrected chi connectivity index (χ1v) is 13.7. The van der Waals surface area contributed by atoms with Crippen molar-refractivity contribution >= 4 is 6.29 Å². The summed E-state index contributed by atoms with van der Waals surface area (Å²) in [5.41, 5.74) is 0.881. The van der Waals surface area contributed by atoms with Crippen LogP contribution in [0.15, 0.2) is 11.6 Å². The zero-order chi connectivity index (χ0) is 22.3. The van der Waals surface area contributed by atoms with Crippen LogP contribution in [0.4, 0.5) is 0 Å². The van der Waals surface area contributed by atoms with Gasteiger partial charge in [-0.1, -0.05) is 142 Å². The number of allylic oxidation sites excluding steroid dienone is 2. The van der Waals surface area contributed by atoms with Crippen LogP contribution in [0, 0.1) is 11.8 Å². The van der Waals surface area contributed by atoms with Gasteiger partial charge in [-0.15, -0.1) is 0 Å². The van der Waals surface area contributed by atoms with Crippen molar-refractivity contribution in [2.45, 2.75) is 156 Å². The third-order valence-electron chi connectivity index (χ3n) is 6.75. The van der Waals surface area contributed by atoms with E-state index in [0.29, 0.717) is 0 Å². The molecule has 178 valence electrons. The van der Waals surface area contributed by atoms with Crippen molar-refractivity contribution in [2.24, 2.45) is 11.8 Å². The average Bonchev–Trinajstić information content (AvgIpc) is 2.74. The predicted molar refractivity (Wildman–Crippen MR) is 136 cm³/mol. The topological polar surface area (TPSA) is 17.1 Å². The van der Waals surface area contributed by atoms with Crippen LogP contribution in [0.5, 0.6) is 0 Å². The highest BCUT2D eigenvalue weighted by atomic mass is 16.1. The maximum absolute atomic E-state index is 10.5. The van der Waals surface area contributed by atoms with Gasteiger partial charge in [-0.05, 0) is 37.2 Å². The van der Waals surface area contributed by atoms with Crippen LogP contribution in [-0.2, 0) is 4.79 Å². The van der Waals surface area contributed by atoms with Gasteiger partial charge in [-0.2, -0.15) is 0 Å². The SMILES string of the molecule is CCCCCCC(C)CCCCCC(C)CCCCCCCCCC/C=C(\C)C=O. The molecular formula is C29H56O. The van der Waals surface area contributed by atoms with Crippen LogP contribution < -0.4 is 0 Å². The van der Waals surface area contributed by atoms with E-state index < -0.39 is 0 Å². The first-order valence-electron chi connectivity index (χ1n) is 13.7. The zero-order valence-electron chi connectivity index (χ0n) is 21.4. The molecule has 0 saturated carbocycles. The van der Waals surface area contributed by atoms with E-state index in [1.165, 1.54) is 122 Å². The third-order valence-corrected chi connectivity index (χ3v) is 6.75. The molecule has 30 heavy (non-hydrogen) atoms. The van der Waals surface area contributed by atoms with Crippen molar-refractivity contribution in [1.82, 2.24) is 0 Å². The van der Waals surface area contributed by atoms with E-state index in [2.05, 4.69) is 26.8 Å². The molecule has 0 rings (SSSR count). The molecule has 0 spiro atoms. The minimum Gasteiger partial charge on any atom is -0.298 e. The lowest BCUT2D eigenvalue weighted by atomic mass is 9.93. The van der Waals surface area contributed by atoms with Gasteiger partial charge in [0.15, 0.2) is 0 Å². The molecule has 0 heterocycles. The molecule has 0 bridgehead atoms. The largest absolute Gasteiger partial charge is 0.298 e. The van der Waals surface area contributed by atoms with E-state index in [-0.39, 0.29) is 0 Å². The summed E-state index contributed by atoms with van der Waals surface area (Å²) in [6.45, 7) is 9.12. The van der Waals surface area contributed by atoms with Gasteiger partial charge in [0.1, 0.15) is 6.29 Å². The van der Waals surface area contributed by atoms with Gasteiger partial charge in [0.25, 0.3) is 0 Å². The molecule has 1 heteroatoms. The van der Waals surface area contributed by atoms with Crippen LogP contribution in [0.2, 0.25) is 0 Å². The molecule has 2 unspecified atom stereocenters. The van der Waals surface area contributed by atoms with E-state index in [4.69, 9.17) is 0 Å². The van der Waals surface area contributed by atoms with Crippen LogP contribution in [0.1, 0.15) is 156 Å². The number of hydrogen-bond acceptors (Lipinski definition) is 1. The fraction of sp³-hybridized carbons (Fsp3) is 0.897. The molecule has 0 aliphatic carbocycles. The van der Waals surface area contributed by atoms with Gasteiger partial charge >= 0.3 is 0 Å². The molecule has 0 aromatic rings. The lowest BCUT2D eigenvalue weighted by Crippen LogP contribution is -1.97. The molecule has 2 atom stereocenters. The van der Waals surface area contributed by atoms with E-state index in [1.807, 2.05) is 6.92 Å². The number of rotatable bonds is 23. The van der Waals surface area contributed by atoms with E-state index in [1.54, 1.807) is 0 Å². The fourth-order valence-electron chi connectivity index (χ4n) is 4.45. The number of carbonyl (C=O) groups excluding carboxylic acids is 1. The maximum Gasteiger partial charge on any atom is 0.145 e. The Balaban J connectivity index is 3.30. The van der Waals surface area contributed by atoms with Crippen LogP contribution in [-0.4, -0.2) is 6.29 Å². The molecule has 0 aromatic heterocycles. The van der Waals surface area contributed by atoms with Crippen LogP contribution in [0.25, 0.3) is 0 Å². The smallest absolute Gasteiger partial charge is 0.145 e.